The fraction of sp³-hybridized carbons (Fsp3) is 0.667. The molecule has 5 nitrogen and oxygen atoms in total. The van der Waals surface area contributed by atoms with Gasteiger partial charge in [-0.2, -0.15) is 0 Å². The highest BCUT2D eigenvalue weighted by Gasteiger charge is 2.32. The van der Waals surface area contributed by atoms with Crippen LogP contribution in [-0.2, 0) is 4.79 Å². The van der Waals surface area contributed by atoms with Gasteiger partial charge in [0.25, 0.3) is 0 Å². The molecule has 1 aromatic rings. The van der Waals surface area contributed by atoms with Crippen LogP contribution in [0.25, 0.3) is 0 Å². The number of carboxylic acid groups (broad SMARTS) is 1. The molecule has 2 saturated carbocycles. The largest absolute Gasteiger partial charge is 0.476 e. The zero-order chi connectivity index (χ0) is 19.9. The molecule has 0 saturated heterocycles. The number of aliphatic hydroxyl groups is 1. The number of ketones is 1. The number of thioether (sulfide) groups is 1. The highest BCUT2D eigenvalue weighted by atomic mass is 32.2. The molecule has 3 atom stereocenters. The molecule has 1 aromatic heterocycles. The predicted octanol–water partition coefficient (Wildman–Crippen LogP) is 4.81. The van der Waals surface area contributed by atoms with Crippen molar-refractivity contribution in [2.24, 2.45) is 17.8 Å². The average molecular weight is 424 g/mol. The Balaban J connectivity index is 1.39. The molecule has 7 heteroatoms. The number of carboxylic acids is 1. The Morgan fingerprint density at radius 2 is 2.18 bits per heavy atom. The smallest absolute Gasteiger partial charge is 0.355 e. The van der Waals surface area contributed by atoms with Gasteiger partial charge in [0.15, 0.2) is 10.0 Å². The number of Topliss-reactive ketones (excluding diaryl/α,β-unsaturated/α-hetero) is 1. The maximum Gasteiger partial charge on any atom is 0.355 e. The van der Waals surface area contributed by atoms with Crippen LogP contribution in [0.3, 0.4) is 0 Å². The molecule has 1 heterocycles. The molecule has 1 unspecified atom stereocenters. The van der Waals surface area contributed by atoms with Crippen molar-refractivity contribution >= 4 is 34.9 Å². The third-order valence-electron chi connectivity index (χ3n) is 5.94. The molecule has 0 amide bonds. The second kappa shape index (κ2) is 10.6. The summed E-state index contributed by atoms with van der Waals surface area (Å²) in [7, 11) is 0. The van der Waals surface area contributed by atoms with Gasteiger partial charge in [-0.1, -0.05) is 43.2 Å². The molecule has 0 spiro atoms. The Labute approximate surface area is 174 Å². The second-order valence-electron chi connectivity index (χ2n) is 7.91. The van der Waals surface area contributed by atoms with E-state index in [2.05, 4.69) is 17.1 Å². The van der Waals surface area contributed by atoms with Crippen molar-refractivity contribution in [3.63, 3.8) is 0 Å². The number of allylic oxidation sites excluding steroid dienone is 1. The van der Waals surface area contributed by atoms with Crippen LogP contribution in [0.15, 0.2) is 21.9 Å². The van der Waals surface area contributed by atoms with Crippen molar-refractivity contribution in [1.82, 2.24) is 4.98 Å². The highest BCUT2D eigenvalue weighted by Crippen LogP contribution is 2.35. The number of hydrogen-bond donors (Lipinski definition) is 2. The minimum atomic E-state index is -1.01. The monoisotopic (exact) mass is 423 g/mol. The molecular weight excluding hydrogens is 394 g/mol. The van der Waals surface area contributed by atoms with Gasteiger partial charge >= 0.3 is 5.97 Å². The van der Waals surface area contributed by atoms with Crippen LogP contribution in [0, 0.1) is 17.8 Å². The van der Waals surface area contributed by atoms with Gasteiger partial charge in [-0.15, -0.1) is 11.3 Å². The SMILES string of the molecule is O=C(O)c1csc(SCC[C@H]2C(=O)CC[C@H]2C=CCC(O)CCC2CCC2)n1. The van der Waals surface area contributed by atoms with E-state index < -0.39 is 5.97 Å². The lowest BCUT2D eigenvalue weighted by Gasteiger charge is -2.25. The van der Waals surface area contributed by atoms with E-state index in [0.717, 1.165) is 41.7 Å². The standard InChI is InChI=1S/C21H29NO4S2/c23-16(9-7-14-3-1-4-14)6-2-5-15-8-10-19(24)17(15)11-12-27-21-22-18(13-28-21)20(25)26/h2,5,13-17,23H,1,3-4,6-12H2,(H,25,26)/t15-,16?,17-/m1/s1. The summed E-state index contributed by atoms with van der Waals surface area (Å²) in [5.74, 6) is 1.21. The molecule has 2 fully saturated rings. The lowest BCUT2D eigenvalue weighted by molar-refractivity contribution is -0.121. The summed E-state index contributed by atoms with van der Waals surface area (Å²) >= 11 is 2.86. The fourth-order valence-corrected chi connectivity index (χ4v) is 5.87. The van der Waals surface area contributed by atoms with Crippen LogP contribution in [0.1, 0.15) is 68.3 Å². The number of aromatic carboxylic acids is 1. The first-order chi connectivity index (χ1) is 13.5. The first kappa shape index (κ1) is 21.5. The normalized spacial score (nSPS) is 24.0. The molecule has 0 aromatic carbocycles. The van der Waals surface area contributed by atoms with Gasteiger partial charge in [0.2, 0.25) is 0 Å². The van der Waals surface area contributed by atoms with Crippen LogP contribution in [-0.4, -0.2) is 38.8 Å². The second-order valence-corrected chi connectivity index (χ2v) is 10.1. The first-order valence-corrected chi connectivity index (χ1v) is 12.1. The third-order valence-corrected chi connectivity index (χ3v) is 7.99. The van der Waals surface area contributed by atoms with Crippen LogP contribution in [0.5, 0.6) is 0 Å². The zero-order valence-electron chi connectivity index (χ0n) is 16.1. The summed E-state index contributed by atoms with van der Waals surface area (Å²) in [5, 5.41) is 20.6. The Morgan fingerprint density at radius 1 is 1.36 bits per heavy atom. The molecule has 2 N–H and O–H groups in total. The van der Waals surface area contributed by atoms with Crippen LogP contribution in [0.4, 0.5) is 0 Å². The number of aromatic nitrogens is 1. The van der Waals surface area contributed by atoms with Gasteiger partial charge in [0.05, 0.1) is 6.10 Å². The molecule has 2 aliphatic carbocycles. The Morgan fingerprint density at radius 3 is 2.86 bits per heavy atom. The summed E-state index contributed by atoms with van der Waals surface area (Å²) in [6, 6.07) is 0. The minimum absolute atomic E-state index is 0.0368. The molecule has 0 radical (unpaired) electrons. The lowest BCUT2D eigenvalue weighted by Crippen LogP contribution is -2.15. The molecule has 3 rings (SSSR count). The Bertz CT molecular complexity index is 698. The number of rotatable bonds is 11. The van der Waals surface area contributed by atoms with Gasteiger partial charge in [-0.05, 0) is 43.9 Å². The highest BCUT2D eigenvalue weighted by molar-refractivity contribution is 8.01. The first-order valence-electron chi connectivity index (χ1n) is 10.2. The lowest BCUT2D eigenvalue weighted by atomic mass is 9.81. The molecular formula is C21H29NO4S2. The van der Waals surface area contributed by atoms with Crippen LogP contribution < -0.4 is 0 Å². The van der Waals surface area contributed by atoms with Crippen molar-refractivity contribution in [2.75, 3.05) is 5.75 Å². The van der Waals surface area contributed by atoms with E-state index >= 15 is 0 Å². The van der Waals surface area contributed by atoms with Crippen molar-refractivity contribution < 1.29 is 19.8 Å². The van der Waals surface area contributed by atoms with Crippen molar-refractivity contribution in [2.45, 2.75) is 68.2 Å². The third kappa shape index (κ3) is 6.16. The van der Waals surface area contributed by atoms with E-state index in [9.17, 15) is 14.7 Å². The number of carbonyl (C=O) groups excluding carboxylic acids is 1. The number of thiazole rings is 1. The van der Waals surface area contributed by atoms with Crippen LogP contribution >= 0.6 is 23.1 Å². The zero-order valence-corrected chi connectivity index (χ0v) is 17.7. The Hall–Kier alpha value is -1.18. The van der Waals surface area contributed by atoms with Gasteiger partial charge in [-0.3, -0.25) is 4.79 Å². The summed E-state index contributed by atoms with van der Waals surface area (Å²) in [4.78, 5) is 27.2. The average Bonchev–Trinajstić information content (AvgIpc) is 3.22. The Kier molecular flexibility index (Phi) is 8.11. The number of hydrogen-bond acceptors (Lipinski definition) is 6. The van der Waals surface area contributed by atoms with Gasteiger partial charge in [-0.25, -0.2) is 9.78 Å². The van der Waals surface area contributed by atoms with Gasteiger partial charge < -0.3 is 10.2 Å². The van der Waals surface area contributed by atoms with E-state index in [1.54, 1.807) is 5.38 Å². The number of carbonyl (C=O) groups is 2. The van der Waals surface area contributed by atoms with Gasteiger partial charge in [0.1, 0.15) is 5.78 Å². The number of aliphatic hydroxyl groups excluding tert-OH is 1. The van der Waals surface area contributed by atoms with E-state index in [1.165, 1.54) is 42.4 Å². The quantitative estimate of drug-likeness (QED) is 0.392. The minimum Gasteiger partial charge on any atom is -0.476 e. The maximum absolute atomic E-state index is 12.3. The molecule has 0 bridgehead atoms. The van der Waals surface area contributed by atoms with Crippen molar-refractivity contribution in [3.05, 3.63) is 23.2 Å². The fourth-order valence-electron chi connectivity index (χ4n) is 3.97. The summed E-state index contributed by atoms with van der Waals surface area (Å²) in [6.45, 7) is 0. The molecule has 28 heavy (non-hydrogen) atoms. The van der Waals surface area contributed by atoms with E-state index in [1.807, 2.05) is 0 Å². The summed E-state index contributed by atoms with van der Waals surface area (Å²) < 4.78 is 0.740. The molecule has 2 aliphatic rings. The number of nitrogens with zero attached hydrogens (tertiary/aromatic N) is 1. The summed E-state index contributed by atoms with van der Waals surface area (Å²) in [6.07, 6.45) is 12.9. The maximum atomic E-state index is 12.3. The molecule has 0 aliphatic heterocycles. The van der Waals surface area contributed by atoms with E-state index in [0.29, 0.717) is 18.6 Å². The molecule has 154 valence electrons. The van der Waals surface area contributed by atoms with Crippen molar-refractivity contribution in [3.8, 4) is 0 Å². The topological polar surface area (TPSA) is 87.5 Å². The van der Waals surface area contributed by atoms with Crippen molar-refractivity contribution in [1.29, 1.82) is 0 Å². The summed E-state index contributed by atoms with van der Waals surface area (Å²) in [5.41, 5.74) is 0.0844. The van der Waals surface area contributed by atoms with E-state index in [4.69, 9.17) is 5.11 Å². The van der Waals surface area contributed by atoms with Gasteiger partial charge in [0, 0.05) is 23.5 Å². The van der Waals surface area contributed by atoms with Crippen LogP contribution in [0.2, 0.25) is 0 Å². The van der Waals surface area contributed by atoms with E-state index in [-0.39, 0.29) is 23.6 Å². The predicted molar refractivity (Wildman–Crippen MR) is 112 cm³/mol.